The van der Waals surface area contributed by atoms with E-state index in [1.807, 2.05) is 0 Å². The van der Waals surface area contributed by atoms with Gasteiger partial charge in [0.05, 0.1) is 10.6 Å². The summed E-state index contributed by atoms with van der Waals surface area (Å²) < 4.78 is 40.4. The number of nitro benzene ring substituents is 1. The predicted octanol–water partition coefficient (Wildman–Crippen LogP) is 3.50. The first-order valence-electron chi connectivity index (χ1n) is 5.93. The molecule has 0 aliphatic rings. The first kappa shape index (κ1) is 16.2. The first-order valence-corrected chi connectivity index (χ1v) is 7.80. The standard InChI is InChI=1S/C13H10ClFN2O4S/c1-8-5-11(15)13(7-12(8)17(18)19)22(20,21)16-10-4-2-3-9(14)6-10/h2-7,16H,1H3. The highest BCUT2D eigenvalue weighted by Crippen LogP contribution is 2.27. The van der Waals surface area contributed by atoms with Gasteiger partial charge in [0.1, 0.15) is 10.7 Å². The molecular formula is C13H10ClFN2O4S. The number of rotatable bonds is 4. The first-order chi connectivity index (χ1) is 10.2. The lowest BCUT2D eigenvalue weighted by molar-refractivity contribution is -0.385. The summed E-state index contributed by atoms with van der Waals surface area (Å²) in [6.45, 7) is 1.32. The number of nitrogens with zero attached hydrogens (tertiary/aromatic N) is 1. The van der Waals surface area contributed by atoms with Gasteiger partial charge >= 0.3 is 0 Å². The van der Waals surface area contributed by atoms with Crippen LogP contribution in [0.2, 0.25) is 5.02 Å². The van der Waals surface area contributed by atoms with Crippen LogP contribution in [-0.4, -0.2) is 13.3 Å². The van der Waals surface area contributed by atoms with Crippen molar-refractivity contribution in [2.75, 3.05) is 4.72 Å². The molecule has 6 nitrogen and oxygen atoms in total. The molecule has 1 N–H and O–H groups in total. The maximum absolute atomic E-state index is 13.9. The van der Waals surface area contributed by atoms with E-state index in [1.165, 1.54) is 31.2 Å². The minimum absolute atomic E-state index is 0.0317. The predicted molar refractivity (Wildman–Crippen MR) is 80.1 cm³/mol. The smallest absolute Gasteiger partial charge is 0.273 e. The van der Waals surface area contributed by atoms with Gasteiger partial charge in [-0.1, -0.05) is 17.7 Å². The van der Waals surface area contributed by atoms with Crippen LogP contribution in [0.4, 0.5) is 15.8 Å². The summed E-state index contributed by atoms with van der Waals surface area (Å²) in [7, 11) is -4.32. The lowest BCUT2D eigenvalue weighted by Crippen LogP contribution is -2.15. The fourth-order valence-electron chi connectivity index (χ4n) is 1.81. The van der Waals surface area contributed by atoms with Gasteiger partial charge in [0.15, 0.2) is 0 Å². The normalized spacial score (nSPS) is 11.2. The van der Waals surface area contributed by atoms with Crippen LogP contribution < -0.4 is 4.72 Å². The van der Waals surface area contributed by atoms with Crippen molar-refractivity contribution in [3.63, 3.8) is 0 Å². The minimum atomic E-state index is -4.32. The number of anilines is 1. The molecule has 9 heteroatoms. The summed E-state index contributed by atoms with van der Waals surface area (Å²) in [5.74, 6) is -1.07. The minimum Gasteiger partial charge on any atom is -0.279 e. The van der Waals surface area contributed by atoms with E-state index in [1.54, 1.807) is 0 Å². The molecule has 0 atom stereocenters. The Morgan fingerprint density at radius 1 is 1.27 bits per heavy atom. The molecule has 2 rings (SSSR count). The fourth-order valence-corrected chi connectivity index (χ4v) is 3.13. The van der Waals surface area contributed by atoms with Gasteiger partial charge in [-0.2, -0.15) is 0 Å². The Morgan fingerprint density at radius 2 is 1.95 bits per heavy atom. The number of hydrogen-bond donors (Lipinski definition) is 1. The van der Waals surface area contributed by atoms with Crippen molar-refractivity contribution >= 4 is 33.0 Å². The van der Waals surface area contributed by atoms with Crippen molar-refractivity contribution in [1.82, 2.24) is 0 Å². The van der Waals surface area contributed by atoms with Gasteiger partial charge in [0, 0.05) is 16.7 Å². The number of aryl methyl sites for hydroxylation is 1. The highest BCUT2D eigenvalue weighted by molar-refractivity contribution is 7.92. The summed E-state index contributed by atoms with van der Waals surface area (Å²) in [5.41, 5.74) is -0.327. The fraction of sp³-hybridized carbons (Fsp3) is 0.0769. The topological polar surface area (TPSA) is 89.3 Å². The molecule has 0 radical (unpaired) electrons. The van der Waals surface area contributed by atoms with Crippen LogP contribution in [0.3, 0.4) is 0 Å². The molecule has 0 fully saturated rings. The van der Waals surface area contributed by atoms with Gasteiger partial charge in [-0.3, -0.25) is 14.8 Å². The second-order valence-electron chi connectivity index (χ2n) is 4.44. The lowest BCUT2D eigenvalue weighted by Gasteiger charge is -2.10. The Hall–Kier alpha value is -2.19. The van der Waals surface area contributed by atoms with E-state index >= 15 is 0 Å². The molecule has 0 aliphatic heterocycles. The number of benzene rings is 2. The van der Waals surface area contributed by atoms with E-state index < -0.39 is 31.3 Å². The largest absolute Gasteiger partial charge is 0.279 e. The number of sulfonamides is 1. The molecule has 0 aromatic heterocycles. The average Bonchev–Trinajstić information content (AvgIpc) is 2.37. The van der Waals surface area contributed by atoms with Crippen LogP contribution in [-0.2, 0) is 10.0 Å². The summed E-state index contributed by atoms with van der Waals surface area (Å²) in [5, 5.41) is 11.2. The van der Waals surface area contributed by atoms with Crippen molar-refractivity contribution < 1.29 is 17.7 Å². The molecule has 0 saturated carbocycles. The van der Waals surface area contributed by atoms with Crippen LogP contribution in [0, 0.1) is 22.9 Å². The van der Waals surface area contributed by atoms with Crippen molar-refractivity contribution in [3.05, 3.63) is 62.9 Å². The zero-order valence-corrected chi connectivity index (χ0v) is 12.8. The lowest BCUT2D eigenvalue weighted by atomic mass is 10.2. The summed E-state index contributed by atoms with van der Waals surface area (Å²) in [4.78, 5) is 9.29. The monoisotopic (exact) mass is 344 g/mol. The van der Waals surface area contributed by atoms with Crippen molar-refractivity contribution in [1.29, 1.82) is 0 Å². The molecule has 2 aromatic rings. The number of halogens is 2. The zero-order valence-electron chi connectivity index (χ0n) is 11.2. The molecule has 0 spiro atoms. The molecular weight excluding hydrogens is 335 g/mol. The highest BCUT2D eigenvalue weighted by Gasteiger charge is 2.24. The van der Waals surface area contributed by atoms with Crippen LogP contribution >= 0.6 is 11.6 Å². The summed E-state index contributed by atoms with van der Waals surface area (Å²) in [6.07, 6.45) is 0. The Bertz CT molecular complexity index is 855. The third-order valence-electron chi connectivity index (χ3n) is 2.81. The van der Waals surface area contributed by atoms with Crippen LogP contribution in [0.1, 0.15) is 5.56 Å². The highest BCUT2D eigenvalue weighted by atomic mass is 35.5. The quantitative estimate of drug-likeness (QED) is 0.679. The van der Waals surface area contributed by atoms with E-state index in [4.69, 9.17) is 11.6 Å². The van der Waals surface area contributed by atoms with Crippen LogP contribution in [0.25, 0.3) is 0 Å². The van der Waals surface area contributed by atoms with Gasteiger partial charge in [-0.05, 0) is 31.2 Å². The zero-order chi connectivity index (χ0) is 16.5. The maximum Gasteiger partial charge on any atom is 0.273 e. The van der Waals surface area contributed by atoms with Crippen LogP contribution in [0.5, 0.6) is 0 Å². The Balaban J connectivity index is 2.50. The second-order valence-corrected chi connectivity index (χ2v) is 6.53. The van der Waals surface area contributed by atoms with E-state index in [0.717, 1.165) is 6.07 Å². The molecule has 0 amide bonds. The molecule has 0 saturated heterocycles. The summed E-state index contributed by atoms with van der Waals surface area (Å²) >= 11 is 5.74. The number of nitrogens with one attached hydrogen (secondary N) is 1. The van der Waals surface area contributed by atoms with Gasteiger partial charge in [0.25, 0.3) is 15.7 Å². The van der Waals surface area contributed by atoms with Crippen molar-refractivity contribution in [2.45, 2.75) is 11.8 Å². The third-order valence-corrected chi connectivity index (χ3v) is 4.44. The Labute approximate surface area is 130 Å². The number of hydrogen-bond acceptors (Lipinski definition) is 4. The number of nitro groups is 1. The Kier molecular flexibility index (Phi) is 4.34. The van der Waals surface area contributed by atoms with Gasteiger partial charge in [-0.25, -0.2) is 12.8 Å². The SMILES string of the molecule is Cc1cc(F)c(S(=O)(=O)Nc2cccc(Cl)c2)cc1[N+](=O)[O-]. The van der Waals surface area contributed by atoms with E-state index in [2.05, 4.69) is 4.72 Å². The van der Waals surface area contributed by atoms with Crippen molar-refractivity contribution in [3.8, 4) is 0 Å². The van der Waals surface area contributed by atoms with E-state index in [0.29, 0.717) is 6.07 Å². The molecule has 2 aromatic carbocycles. The Morgan fingerprint density at radius 3 is 2.55 bits per heavy atom. The maximum atomic E-state index is 13.9. The molecule has 0 unspecified atom stereocenters. The van der Waals surface area contributed by atoms with Gasteiger partial charge < -0.3 is 0 Å². The van der Waals surface area contributed by atoms with Crippen LogP contribution in [0.15, 0.2) is 41.3 Å². The van der Waals surface area contributed by atoms with E-state index in [-0.39, 0.29) is 16.3 Å². The average molecular weight is 345 g/mol. The molecule has 0 heterocycles. The van der Waals surface area contributed by atoms with Gasteiger partial charge in [-0.15, -0.1) is 0 Å². The van der Waals surface area contributed by atoms with Crippen molar-refractivity contribution in [2.24, 2.45) is 0 Å². The molecule has 0 aliphatic carbocycles. The summed E-state index contributed by atoms with van der Waals surface area (Å²) in [6, 6.07) is 7.30. The third kappa shape index (κ3) is 3.34. The molecule has 116 valence electrons. The molecule has 0 bridgehead atoms. The molecule has 22 heavy (non-hydrogen) atoms. The van der Waals surface area contributed by atoms with E-state index in [9.17, 15) is 22.9 Å². The second kappa shape index (κ2) is 5.90. The van der Waals surface area contributed by atoms with Gasteiger partial charge in [0.2, 0.25) is 0 Å².